The Balaban J connectivity index is 4.41. The van der Waals surface area contributed by atoms with Gasteiger partial charge in [-0.2, -0.15) is 0 Å². The molecule has 2 amide bonds. The van der Waals surface area contributed by atoms with Gasteiger partial charge in [0.05, 0.1) is 6.42 Å². The van der Waals surface area contributed by atoms with Crippen LogP contribution in [0.3, 0.4) is 0 Å². The molecule has 0 saturated heterocycles. The van der Waals surface area contributed by atoms with Crippen LogP contribution in [0.5, 0.6) is 0 Å². The standard InChI is InChI=1S/C15H30N2O4/c1-14(2,3)11(9-12(18)19)17-13(20)16-10-15(4,5)7-8-21-6/h11H,7-10H2,1-6H3,(H,18,19)(H2,16,17,20). The topological polar surface area (TPSA) is 87.7 Å². The van der Waals surface area contributed by atoms with E-state index in [0.717, 1.165) is 6.42 Å². The molecule has 3 N–H and O–H groups in total. The zero-order chi connectivity index (χ0) is 16.7. The van der Waals surface area contributed by atoms with E-state index < -0.39 is 12.0 Å². The number of hydrogen-bond donors (Lipinski definition) is 3. The average molecular weight is 302 g/mol. The number of carboxylic acid groups (broad SMARTS) is 1. The number of urea groups is 1. The number of hydrogen-bond acceptors (Lipinski definition) is 3. The van der Waals surface area contributed by atoms with Crippen molar-refractivity contribution >= 4 is 12.0 Å². The molecule has 0 aliphatic heterocycles. The van der Waals surface area contributed by atoms with E-state index in [1.54, 1.807) is 7.11 Å². The maximum atomic E-state index is 12.0. The van der Waals surface area contributed by atoms with E-state index in [1.807, 2.05) is 34.6 Å². The maximum Gasteiger partial charge on any atom is 0.315 e. The highest BCUT2D eigenvalue weighted by molar-refractivity contribution is 5.75. The summed E-state index contributed by atoms with van der Waals surface area (Å²) in [5.41, 5.74) is -0.390. The molecule has 0 aromatic heterocycles. The molecule has 0 aromatic rings. The number of ether oxygens (including phenoxy) is 1. The van der Waals surface area contributed by atoms with Crippen molar-refractivity contribution < 1.29 is 19.4 Å². The van der Waals surface area contributed by atoms with Gasteiger partial charge in [0.2, 0.25) is 0 Å². The largest absolute Gasteiger partial charge is 0.481 e. The molecule has 6 heteroatoms. The lowest BCUT2D eigenvalue weighted by atomic mass is 9.85. The van der Waals surface area contributed by atoms with E-state index in [-0.39, 0.29) is 23.3 Å². The van der Waals surface area contributed by atoms with Gasteiger partial charge in [-0.25, -0.2) is 4.79 Å². The number of nitrogens with one attached hydrogen (secondary N) is 2. The van der Waals surface area contributed by atoms with Crippen molar-refractivity contribution in [2.24, 2.45) is 10.8 Å². The molecule has 0 aliphatic carbocycles. The number of carboxylic acids is 1. The molecule has 1 atom stereocenters. The number of methoxy groups -OCH3 is 1. The zero-order valence-electron chi connectivity index (χ0n) is 14.1. The fourth-order valence-electron chi connectivity index (χ4n) is 1.74. The Morgan fingerprint density at radius 2 is 1.76 bits per heavy atom. The van der Waals surface area contributed by atoms with E-state index in [2.05, 4.69) is 10.6 Å². The fourth-order valence-corrected chi connectivity index (χ4v) is 1.74. The van der Waals surface area contributed by atoms with Crippen LogP contribution in [0.2, 0.25) is 0 Å². The molecule has 0 bridgehead atoms. The van der Waals surface area contributed by atoms with Gasteiger partial charge in [-0.05, 0) is 17.3 Å². The van der Waals surface area contributed by atoms with Gasteiger partial charge in [0, 0.05) is 26.3 Å². The minimum Gasteiger partial charge on any atom is -0.481 e. The van der Waals surface area contributed by atoms with Gasteiger partial charge in [-0.15, -0.1) is 0 Å². The molecule has 1 unspecified atom stereocenters. The van der Waals surface area contributed by atoms with E-state index in [4.69, 9.17) is 9.84 Å². The minimum absolute atomic E-state index is 0.0720. The third-order valence-electron chi connectivity index (χ3n) is 3.44. The van der Waals surface area contributed by atoms with Crippen molar-refractivity contribution in [1.82, 2.24) is 10.6 Å². The Labute approximate surface area is 127 Å². The summed E-state index contributed by atoms with van der Waals surface area (Å²) >= 11 is 0. The van der Waals surface area contributed by atoms with Crippen LogP contribution in [0.25, 0.3) is 0 Å². The Morgan fingerprint density at radius 3 is 2.19 bits per heavy atom. The highest BCUT2D eigenvalue weighted by Crippen LogP contribution is 2.22. The summed E-state index contributed by atoms with van der Waals surface area (Å²) < 4.78 is 5.04. The number of carbonyl (C=O) groups is 2. The Bertz CT molecular complexity index is 348. The van der Waals surface area contributed by atoms with Crippen molar-refractivity contribution in [1.29, 1.82) is 0 Å². The zero-order valence-corrected chi connectivity index (χ0v) is 14.1. The summed E-state index contributed by atoms with van der Waals surface area (Å²) in [7, 11) is 1.65. The predicted molar refractivity (Wildman–Crippen MR) is 82.3 cm³/mol. The third-order valence-corrected chi connectivity index (χ3v) is 3.44. The highest BCUT2D eigenvalue weighted by Gasteiger charge is 2.29. The third kappa shape index (κ3) is 9.28. The molecule has 0 aromatic carbocycles. The molecule has 0 fully saturated rings. The molecule has 0 saturated carbocycles. The van der Waals surface area contributed by atoms with Crippen LogP contribution in [-0.2, 0) is 9.53 Å². The van der Waals surface area contributed by atoms with Crippen LogP contribution in [0.1, 0.15) is 47.5 Å². The monoisotopic (exact) mass is 302 g/mol. The molecular formula is C15H30N2O4. The van der Waals surface area contributed by atoms with E-state index in [9.17, 15) is 9.59 Å². The normalized spacial score (nSPS) is 13.6. The lowest BCUT2D eigenvalue weighted by Gasteiger charge is -2.31. The summed E-state index contributed by atoms with van der Waals surface area (Å²) in [6, 6.07) is -0.751. The average Bonchev–Trinajstić information content (AvgIpc) is 2.32. The first kappa shape index (κ1) is 19.7. The SMILES string of the molecule is COCCC(C)(C)CNC(=O)NC(CC(=O)O)C(C)(C)C. The molecule has 0 aliphatic rings. The number of rotatable bonds is 8. The van der Waals surface area contributed by atoms with E-state index >= 15 is 0 Å². The number of amides is 2. The van der Waals surface area contributed by atoms with Crippen molar-refractivity contribution in [3.63, 3.8) is 0 Å². The quantitative estimate of drug-likeness (QED) is 0.641. The van der Waals surface area contributed by atoms with Crippen molar-refractivity contribution in [2.75, 3.05) is 20.3 Å². The van der Waals surface area contributed by atoms with Gasteiger partial charge >= 0.3 is 12.0 Å². The summed E-state index contributed by atoms with van der Waals surface area (Å²) in [6.45, 7) is 11.0. The lowest BCUT2D eigenvalue weighted by molar-refractivity contribution is -0.138. The highest BCUT2D eigenvalue weighted by atomic mass is 16.5. The second kappa shape index (κ2) is 8.22. The molecule has 0 heterocycles. The van der Waals surface area contributed by atoms with Crippen molar-refractivity contribution in [2.45, 2.75) is 53.5 Å². The summed E-state index contributed by atoms with van der Waals surface area (Å²) in [6.07, 6.45) is 0.742. The predicted octanol–water partition coefficient (Wildman–Crippen LogP) is 2.24. The molecular weight excluding hydrogens is 272 g/mol. The maximum absolute atomic E-state index is 12.0. The molecule has 21 heavy (non-hydrogen) atoms. The van der Waals surface area contributed by atoms with Crippen LogP contribution >= 0.6 is 0 Å². The van der Waals surface area contributed by atoms with Gasteiger partial charge < -0.3 is 20.5 Å². The summed E-state index contributed by atoms with van der Waals surface area (Å²) in [5.74, 6) is -0.921. The van der Waals surface area contributed by atoms with Crippen LogP contribution in [0.15, 0.2) is 0 Å². The van der Waals surface area contributed by atoms with Gasteiger partial charge in [0.15, 0.2) is 0 Å². The fraction of sp³-hybridized carbons (Fsp3) is 0.867. The van der Waals surface area contributed by atoms with Crippen molar-refractivity contribution in [3.8, 4) is 0 Å². The summed E-state index contributed by atoms with van der Waals surface area (Å²) in [5, 5.41) is 14.5. The second-order valence-electron chi connectivity index (χ2n) is 7.25. The van der Waals surface area contributed by atoms with Gasteiger partial charge in [-0.1, -0.05) is 34.6 Å². The Hall–Kier alpha value is -1.30. The molecule has 0 spiro atoms. The van der Waals surface area contributed by atoms with Crippen LogP contribution in [-0.4, -0.2) is 43.4 Å². The number of carbonyl (C=O) groups excluding carboxylic acids is 1. The minimum atomic E-state index is -0.921. The molecule has 124 valence electrons. The Kier molecular flexibility index (Phi) is 7.71. The first-order valence-corrected chi connectivity index (χ1v) is 7.23. The number of aliphatic carboxylic acids is 1. The van der Waals surface area contributed by atoms with Crippen LogP contribution < -0.4 is 10.6 Å². The lowest BCUT2D eigenvalue weighted by Crippen LogP contribution is -2.50. The summed E-state index contributed by atoms with van der Waals surface area (Å²) in [4.78, 5) is 22.8. The Morgan fingerprint density at radius 1 is 1.19 bits per heavy atom. The van der Waals surface area contributed by atoms with Gasteiger partial charge in [0.1, 0.15) is 0 Å². The molecule has 6 nitrogen and oxygen atoms in total. The molecule has 0 rings (SSSR count). The van der Waals surface area contributed by atoms with E-state index in [0.29, 0.717) is 13.2 Å². The molecule has 0 radical (unpaired) electrons. The van der Waals surface area contributed by atoms with E-state index in [1.165, 1.54) is 0 Å². The van der Waals surface area contributed by atoms with Crippen LogP contribution in [0, 0.1) is 10.8 Å². The first-order valence-electron chi connectivity index (χ1n) is 7.23. The van der Waals surface area contributed by atoms with Gasteiger partial charge in [0.25, 0.3) is 0 Å². The van der Waals surface area contributed by atoms with Crippen molar-refractivity contribution in [3.05, 3.63) is 0 Å². The second-order valence-corrected chi connectivity index (χ2v) is 7.25. The smallest absolute Gasteiger partial charge is 0.315 e. The van der Waals surface area contributed by atoms with Crippen LogP contribution in [0.4, 0.5) is 4.79 Å². The first-order chi connectivity index (χ1) is 9.48. The van der Waals surface area contributed by atoms with Gasteiger partial charge in [-0.3, -0.25) is 4.79 Å².